The van der Waals surface area contributed by atoms with Crippen LogP contribution in [0.3, 0.4) is 0 Å². The Morgan fingerprint density at radius 1 is 1.25 bits per heavy atom. The molecule has 1 saturated heterocycles. The molecule has 0 saturated carbocycles. The summed E-state index contributed by atoms with van der Waals surface area (Å²) in [5, 5.41) is 1.64. The molecule has 4 rings (SSSR count). The lowest BCUT2D eigenvalue weighted by atomic mass is 9.93. The minimum atomic E-state index is 0.488. The van der Waals surface area contributed by atoms with Crippen LogP contribution in [0, 0.1) is 6.92 Å². The van der Waals surface area contributed by atoms with E-state index in [2.05, 4.69) is 27.0 Å². The third kappa shape index (κ3) is 3.28. The molecule has 24 heavy (non-hydrogen) atoms. The molecule has 1 aliphatic rings. The number of likely N-dealkylation sites (tertiary alicyclic amines) is 1. The summed E-state index contributed by atoms with van der Waals surface area (Å²) in [5.74, 6) is 1.22. The first-order chi connectivity index (χ1) is 11.7. The Morgan fingerprint density at radius 2 is 2.08 bits per heavy atom. The number of hydrogen-bond donors (Lipinski definition) is 0. The minimum Gasteiger partial charge on any atom is -0.449 e. The number of rotatable bonds is 3. The fourth-order valence-corrected chi connectivity index (χ4v) is 3.49. The maximum Gasteiger partial charge on any atom is 0.191 e. The predicted octanol–water partition coefficient (Wildman–Crippen LogP) is 3.96. The summed E-state index contributed by atoms with van der Waals surface area (Å²) >= 11 is 5.98. The van der Waals surface area contributed by atoms with Crippen molar-refractivity contribution in [1.29, 1.82) is 0 Å². The van der Waals surface area contributed by atoms with E-state index in [-0.39, 0.29) is 0 Å². The number of aryl methyl sites for hydroxylation is 1. The second-order valence-corrected chi connectivity index (χ2v) is 6.78. The summed E-state index contributed by atoms with van der Waals surface area (Å²) in [6, 6.07) is 6.09. The fraction of sp³-hybridized carbons (Fsp3) is 0.389. The van der Waals surface area contributed by atoms with Gasteiger partial charge in [-0.25, -0.2) is 15.0 Å². The van der Waals surface area contributed by atoms with Gasteiger partial charge in [0.25, 0.3) is 0 Å². The highest BCUT2D eigenvalue weighted by Crippen LogP contribution is 2.28. The van der Waals surface area contributed by atoms with Gasteiger partial charge in [0.1, 0.15) is 6.26 Å². The van der Waals surface area contributed by atoms with Gasteiger partial charge in [-0.3, -0.25) is 4.90 Å². The zero-order chi connectivity index (χ0) is 16.5. The van der Waals surface area contributed by atoms with Gasteiger partial charge in [-0.15, -0.1) is 0 Å². The van der Waals surface area contributed by atoms with E-state index in [0.29, 0.717) is 10.9 Å². The highest BCUT2D eigenvalue weighted by molar-refractivity contribution is 6.31. The van der Waals surface area contributed by atoms with E-state index >= 15 is 0 Å². The normalized spacial score (nSPS) is 16.8. The van der Waals surface area contributed by atoms with Crippen molar-refractivity contribution >= 4 is 22.6 Å². The van der Waals surface area contributed by atoms with E-state index in [9.17, 15) is 0 Å². The highest BCUT2D eigenvalue weighted by Gasteiger charge is 2.22. The molecule has 0 amide bonds. The van der Waals surface area contributed by atoms with E-state index in [0.717, 1.165) is 60.8 Å². The maximum atomic E-state index is 5.98. The third-order valence-corrected chi connectivity index (χ3v) is 4.80. The first-order valence-corrected chi connectivity index (χ1v) is 8.61. The average molecular weight is 343 g/mol. The topological polar surface area (TPSA) is 55.1 Å². The highest BCUT2D eigenvalue weighted by atomic mass is 35.5. The van der Waals surface area contributed by atoms with Crippen LogP contribution in [0.4, 0.5) is 0 Å². The number of fused-ring (bicyclic) bond motifs is 1. The minimum absolute atomic E-state index is 0.488. The Morgan fingerprint density at radius 3 is 2.83 bits per heavy atom. The van der Waals surface area contributed by atoms with Crippen molar-refractivity contribution < 1.29 is 4.42 Å². The second kappa shape index (κ2) is 6.49. The quantitative estimate of drug-likeness (QED) is 0.721. The van der Waals surface area contributed by atoms with E-state index in [1.54, 1.807) is 12.5 Å². The first kappa shape index (κ1) is 15.5. The van der Waals surface area contributed by atoms with Gasteiger partial charge < -0.3 is 4.42 Å². The van der Waals surface area contributed by atoms with E-state index < -0.39 is 0 Å². The number of halogens is 1. The number of pyridine rings is 2. The van der Waals surface area contributed by atoms with Crippen molar-refractivity contribution in [3.63, 3.8) is 0 Å². The zero-order valence-corrected chi connectivity index (χ0v) is 14.3. The molecule has 0 N–H and O–H groups in total. The molecule has 1 aliphatic heterocycles. The molecule has 0 aromatic carbocycles. The van der Waals surface area contributed by atoms with Crippen molar-refractivity contribution in [1.82, 2.24) is 19.9 Å². The molecular formula is C18H19ClN4O. The molecule has 0 bridgehead atoms. The summed E-state index contributed by atoms with van der Waals surface area (Å²) < 4.78 is 5.28. The molecule has 0 aliphatic carbocycles. The lowest BCUT2D eigenvalue weighted by Gasteiger charge is -2.31. The van der Waals surface area contributed by atoms with Crippen LogP contribution in [0.5, 0.6) is 0 Å². The lowest BCUT2D eigenvalue weighted by Crippen LogP contribution is -2.32. The maximum absolute atomic E-state index is 5.98. The van der Waals surface area contributed by atoms with Gasteiger partial charge >= 0.3 is 0 Å². The fourth-order valence-electron chi connectivity index (χ4n) is 3.32. The SMILES string of the molecule is Cc1nc(CN2CCC(c3ccc4cc(Cl)cnc4n3)CC2)co1. The van der Waals surface area contributed by atoms with Crippen molar-refractivity contribution in [2.75, 3.05) is 13.1 Å². The summed E-state index contributed by atoms with van der Waals surface area (Å²) in [6.45, 7) is 4.83. The Kier molecular flexibility index (Phi) is 4.21. The van der Waals surface area contributed by atoms with Gasteiger partial charge in [-0.05, 0) is 44.1 Å². The van der Waals surface area contributed by atoms with Gasteiger partial charge in [-0.1, -0.05) is 11.6 Å². The summed E-state index contributed by atoms with van der Waals surface area (Å²) in [4.78, 5) is 15.9. The molecule has 5 nitrogen and oxygen atoms in total. The van der Waals surface area contributed by atoms with Gasteiger partial charge in [0, 0.05) is 36.7 Å². The molecule has 0 spiro atoms. The van der Waals surface area contributed by atoms with Crippen molar-refractivity contribution in [3.8, 4) is 0 Å². The van der Waals surface area contributed by atoms with Crippen LogP contribution in [-0.4, -0.2) is 32.9 Å². The Labute approximate surface area is 145 Å². The van der Waals surface area contributed by atoms with Crippen LogP contribution >= 0.6 is 11.6 Å². The molecule has 3 aromatic heterocycles. The van der Waals surface area contributed by atoms with Crippen LogP contribution in [0.15, 0.2) is 35.1 Å². The molecular weight excluding hydrogens is 324 g/mol. The van der Waals surface area contributed by atoms with Gasteiger partial charge in [0.2, 0.25) is 0 Å². The van der Waals surface area contributed by atoms with E-state index in [4.69, 9.17) is 21.0 Å². The van der Waals surface area contributed by atoms with Crippen LogP contribution in [-0.2, 0) is 6.54 Å². The van der Waals surface area contributed by atoms with Crippen molar-refractivity contribution in [2.45, 2.75) is 32.2 Å². The predicted molar refractivity (Wildman–Crippen MR) is 93.0 cm³/mol. The monoisotopic (exact) mass is 342 g/mol. The van der Waals surface area contributed by atoms with Gasteiger partial charge in [0.05, 0.1) is 10.7 Å². The Bertz CT molecular complexity index is 855. The lowest BCUT2D eigenvalue weighted by molar-refractivity contribution is 0.201. The Balaban J connectivity index is 1.42. The Hall–Kier alpha value is -1.98. The third-order valence-electron chi connectivity index (χ3n) is 4.59. The summed E-state index contributed by atoms with van der Waals surface area (Å²) in [7, 11) is 0. The van der Waals surface area contributed by atoms with Crippen LogP contribution in [0.1, 0.15) is 36.0 Å². The number of aromatic nitrogens is 3. The standard InChI is InChI=1S/C18H19ClN4O/c1-12-21-16(11-24-12)10-23-6-4-13(5-7-23)17-3-2-14-8-15(19)9-20-18(14)22-17/h2-3,8-9,11,13H,4-7,10H2,1H3. The smallest absolute Gasteiger partial charge is 0.191 e. The van der Waals surface area contributed by atoms with Crippen molar-refractivity contribution in [3.05, 3.63) is 53.0 Å². The van der Waals surface area contributed by atoms with Gasteiger partial charge in [-0.2, -0.15) is 0 Å². The van der Waals surface area contributed by atoms with E-state index in [1.165, 1.54) is 0 Å². The largest absolute Gasteiger partial charge is 0.449 e. The number of nitrogens with zero attached hydrogens (tertiary/aromatic N) is 4. The van der Waals surface area contributed by atoms with E-state index in [1.807, 2.05) is 13.0 Å². The number of oxazole rings is 1. The number of hydrogen-bond acceptors (Lipinski definition) is 5. The number of piperidine rings is 1. The van der Waals surface area contributed by atoms with Crippen LogP contribution in [0.25, 0.3) is 11.0 Å². The molecule has 0 unspecified atom stereocenters. The zero-order valence-electron chi connectivity index (χ0n) is 13.6. The average Bonchev–Trinajstić information content (AvgIpc) is 3.00. The molecule has 4 heterocycles. The molecule has 124 valence electrons. The van der Waals surface area contributed by atoms with Crippen LogP contribution in [0.2, 0.25) is 5.02 Å². The molecule has 1 fully saturated rings. The summed E-state index contributed by atoms with van der Waals surface area (Å²) in [5.41, 5.74) is 2.92. The second-order valence-electron chi connectivity index (χ2n) is 6.34. The van der Waals surface area contributed by atoms with Crippen molar-refractivity contribution in [2.24, 2.45) is 0 Å². The van der Waals surface area contributed by atoms with Crippen LogP contribution < -0.4 is 0 Å². The molecule has 3 aromatic rings. The molecule has 0 atom stereocenters. The molecule has 0 radical (unpaired) electrons. The first-order valence-electron chi connectivity index (χ1n) is 8.23. The van der Waals surface area contributed by atoms with Gasteiger partial charge in [0.15, 0.2) is 11.5 Å². The molecule has 6 heteroatoms. The summed E-state index contributed by atoms with van der Waals surface area (Å²) in [6.07, 6.45) is 5.61.